The maximum atomic E-state index is 12.3. The number of halogens is 3. The smallest absolute Gasteiger partial charge is 0.272 e. The third-order valence-electron chi connectivity index (χ3n) is 2.55. The molecule has 0 atom stereocenters. The second-order valence-electron chi connectivity index (χ2n) is 5.64. The Morgan fingerprint density at radius 1 is 1.24 bits per heavy atom. The van der Waals surface area contributed by atoms with Crippen molar-refractivity contribution in [1.82, 2.24) is 5.32 Å². The molecule has 21 heavy (non-hydrogen) atoms. The van der Waals surface area contributed by atoms with Gasteiger partial charge in [-0.25, -0.2) is 8.78 Å². The van der Waals surface area contributed by atoms with Gasteiger partial charge in [0.2, 0.25) is 0 Å². The molecule has 0 aliphatic carbocycles. The van der Waals surface area contributed by atoms with E-state index in [-0.39, 0.29) is 5.54 Å². The summed E-state index contributed by atoms with van der Waals surface area (Å²) in [6.45, 7) is 8.50. The van der Waals surface area contributed by atoms with Gasteiger partial charge in [0.15, 0.2) is 11.5 Å². The lowest BCUT2D eigenvalue weighted by atomic mass is 10.1. The zero-order chi connectivity index (χ0) is 16.0. The van der Waals surface area contributed by atoms with Crippen molar-refractivity contribution in [2.75, 3.05) is 13.2 Å². The van der Waals surface area contributed by atoms with E-state index in [2.05, 4.69) is 42.0 Å². The SMILES string of the molecule is CCOc1cc(CNC(C)(C)C)cc(Br)c1OCC(F)F. The minimum Gasteiger partial charge on any atom is -0.490 e. The number of alkyl halides is 2. The molecule has 6 heteroatoms. The Morgan fingerprint density at radius 2 is 1.90 bits per heavy atom. The third kappa shape index (κ3) is 6.61. The van der Waals surface area contributed by atoms with Crippen molar-refractivity contribution in [2.24, 2.45) is 0 Å². The predicted octanol–water partition coefficient (Wildman–Crippen LogP) is 4.38. The maximum absolute atomic E-state index is 12.3. The molecule has 0 saturated carbocycles. The Labute approximate surface area is 133 Å². The number of ether oxygens (including phenoxy) is 2. The van der Waals surface area contributed by atoms with E-state index in [9.17, 15) is 8.78 Å². The van der Waals surface area contributed by atoms with Gasteiger partial charge >= 0.3 is 0 Å². The Morgan fingerprint density at radius 3 is 2.43 bits per heavy atom. The van der Waals surface area contributed by atoms with Gasteiger partial charge in [-0.15, -0.1) is 0 Å². The number of hydrogen-bond donors (Lipinski definition) is 1. The normalized spacial score (nSPS) is 11.8. The zero-order valence-electron chi connectivity index (χ0n) is 12.8. The molecule has 0 bridgehead atoms. The molecule has 0 heterocycles. The highest BCUT2D eigenvalue weighted by molar-refractivity contribution is 9.10. The molecule has 0 amide bonds. The Balaban J connectivity index is 2.94. The molecular formula is C15H22BrF2NO2. The van der Waals surface area contributed by atoms with Crippen LogP contribution in [-0.4, -0.2) is 25.2 Å². The van der Waals surface area contributed by atoms with Crippen LogP contribution in [0.3, 0.4) is 0 Å². The summed E-state index contributed by atoms with van der Waals surface area (Å²) in [5.74, 6) is 0.787. The largest absolute Gasteiger partial charge is 0.490 e. The first-order valence-corrected chi connectivity index (χ1v) is 7.63. The summed E-state index contributed by atoms with van der Waals surface area (Å²) in [5, 5.41) is 3.37. The van der Waals surface area contributed by atoms with E-state index in [1.54, 1.807) is 0 Å². The summed E-state index contributed by atoms with van der Waals surface area (Å²) in [4.78, 5) is 0. The molecular weight excluding hydrogens is 344 g/mol. The summed E-state index contributed by atoms with van der Waals surface area (Å²) in [7, 11) is 0. The fourth-order valence-corrected chi connectivity index (χ4v) is 2.24. The molecule has 0 fully saturated rings. The van der Waals surface area contributed by atoms with Gasteiger partial charge < -0.3 is 14.8 Å². The minimum atomic E-state index is -2.52. The Kier molecular flexibility index (Phi) is 6.87. The van der Waals surface area contributed by atoms with Gasteiger partial charge in [-0.05, 0) is 61.3 Å². The van der Waals surface area contributed by atoms with Gasteiger partial charge in [0.05, 0.1) is 11.1 Å². The van der Waals surface area contributed by atoms with Gasteiger partial charge in [-0.1, -0.05) is 0 Å². The molecule has 0 unspecified atom stereocenters. The molecule has 0 aliphatic heterocycles. The van der Waals surface area contributed by atoms with Crippen molar-refractivity contribution in [3.05, 3.63) is 22.2 Å². The lowest BCUT2D eigenvalue weighted by Gasteiger charge is -2.21. The minimum absolute atomic E-state index is 0.0108. The van der Waals surface area contributed by atoms with Crippen molar-refractivity contribution in [3.63, 3.8) is 0 Å². The Bertz CT molecular complexity index is 462. The fourth-order valence-electron chi connectivity index (χ4n) is 1.64. The van der Waals surface area contributed by atoms with E-state index < -0.39 is 13.0 Å². The van der Waals surface area contributed by atoms with E-state index in [1.165, 1.54) is 0 Å². The van der Waals surface area contributed by atoms with Crippen LogP contribution in [0.2, 0.25) is 0 Å². The standard InChI is InChI=1S/C15H22BrF2NO2/c1-5-20-12-7-10(8-19-15(2,3)4)6-11(16)14(12)21-9-13(17)18/h6-7,13,19H,5,8-9H2,1-4H3. The molecule has 1 N–H and O–H groups in total. The number of benzene rings is 1. The lowest BCUT2D eigenvalue weighted by Crippen LogP contribution is -2.35. The van der Waals surface area contributed by atoms with Crippen molar-refractivity contribution >= 4 is 15.9 Å². The molecule has 120 valence electrons. The average molecular weight is 366 g/mol. The summed E-state index contributed by atoms with van der Waals surface area (Å²) in [5.41, 5.74) is 0.980. The Hall–Kier alpha value is -0.880. The van der Waals surface area contributed by atoms with Gasteiger partial charge in [0.1, 0.15) is 6.61 Å². The maximum Gasteiger partial charge on any atom is 0.272 e. The second-order valence-corrected chi connectivity index (χ2v) is 6.50. The van der Waals surface area contributed by atoms with E-state index in [1.807, 2.05) is 19.1 Å². The first-order chi connectivity index (χ1) is 9.73. The van der Waals surface area contributed by atoms with E-state index >= 15 is 0 Å². The van der Waals surface area contributed by atoms with E-state index in [0.717, 1.165) is 5.56 Å². The third-order valence-corrected chi connectivity index (χ3v) is 3.13. The highest BCUT2D eigenvalue weighted by atomic mass is 79.9. The van der Waals surface area contributed by atoms with Crippen molar-refractivity contribution < 1.29 is 18.3 Å². The summed E-state index contributed by atoms with van der Waals surface area (Å²) in [6.07, 6.45) is -2.52. The van der Waals surface area contributed by atoms with Crippen LogP contribution >= 0.6 is 15.9 Å². The zero-order valence-corrected chi connectivity index (χ0v) is 14.4. The predicted molar refractivity (Wildman–Crippen MR) is 83.4 cm³/mol. The van der Waals surface area contributed by atoms with Crippen LogP contribution < -0.4 is 14.8 Å². The van der Waals surface area contributed by atoms with Gasteiger partial charge in [-0.2, -0.15) is 0 Å². The van der Waals surface area contributed by atoms with Crippen molar-refractivity contribution in [3.8, 4) is 11.5 Å². The summed E-state index contributed by atoms with van der Waals surface area (Å²) >= 11 is 3.36. The molecule has 1 rings (SSSR count). The number of rotatable bonds is 7. The molecule has 0 radical (unpaired) electrons. The van der Waals surface area contributed by atoms with Crippen LogP contribution in [0.4, 0.5) is 8.78 Å². The topological polar surface area (TPSA) is 30.5 Å². The quantitative estimate of drug-likeness (QED) is 0.777. The summed E-state index contributed by atoms with van der Waals surface area (Å²) < 4.78 is 35.9. The molecule has 1 aromatic rings. The highest BCUT2D eigenvalue weighted by Gasteiger charge is 2.16. The second kappa shape index (κ2) is 7.94. The first kappa shape index (κ1) is 18.2. The van der Waals surface area contributed by atoms with Crippen LogP contribution in [0.25, 0.3) is 0 Å². The van der Waals surface area contributed by atoms with Crippen LogP contribution in [0.15, 0.2) is 16.6 Å². The van der Waals surface area contributed by atoms with Crippen molar-refractivity contribution in [1.29, 1.82) is 0 Å². The van der Waals surface area contributed by atoms with E-state index in [4.69, 9.17) is 9.47 Å². The summed E-state index contributed by atoms with van der Waals surface area (Å²) in [6, 6.07) is 3.66. The molecule has 0 aromatic heterocycles. The molecule has 0 saturated heterocycles. The van der Waals surface area contributed by atoms with E-state index in [0.29, 0.717) is 29.1 Å². The average Bonchev–Trinajstić information content (AvgIpc) is 2.34. The molecule has 3 nitrogen and oxygen atoms in total. The van der Waals surface area contributed by atoms with Crippen LogP contribution in [0, 0.1) is 0 Å². The monoisotopic (exact) mass is 365 g/mol. The number of hydrogen-bond acceptors (Lipinski definition) is 3. The van der Waals surface area contributed by atoms with Crippen LogP contribution in [0.1, 0.15) is 33.3 Å². The molecule has 0 aliphatic rings. The van der Waals surface area contributed by atoms with Gasteiger partial charge in [0.25, 0.3) is 6.43 Å². The number of nitrogens with one attached hydrogen (secondary N) is 1. The highest BCUT2D eigenvalue weighted by Crippen LogP contribution is 2.37. The lowest BCUT2D eigenvalue weighted by molar-refractivity contribution is 0.0796. The van der Waals surface area contributed by atoms with Gasteiger partial charge in [0, 0.05) is 12.1 Å². The molecule has 0 spiro atoms. The molecule has 1 aromatic carbocycles. The van der Waals surface area contributed by atoms with Crippen molar-refractivity contribution in [2.45, 2.75) is 46.2 Å². The fraction of sp³-hybridized carbons (Fsp3) is 0.600. The van der Waals surface area contributed by atoms with Crippen LogP contribution in [-0.2, 0) is 6.54 Å². The van der Waals surface area contributed by atoms with Gasteiger partial charge in [-0.3, -0.25) is 0 Å². The van der Waals surface area contributed by atoms with Crippen LogP contribution in [0.5, 0.6) is 11.5 Å². The first-order valence-electron chi connectivity index (χ1n) is 6.84.